The van der Waals surface area contributed by atoms with Crippen LogP contribution in [0.3, 0.4) is 0 Å². The number of rotatable bonds is 5. The molecule has 0 aliphatic rings. The Morgan fingerprint density at radius 3 is 2.71 bits per heavy atom. The van der Waals surface area contributed by atoms with Crippen molar-refractivity contribution in [2.45, 2.75) is 32.9 Å². The standard InChI is InChI=1S/C17H22ClN3/c1-12(19)9-14-7-8-15(18)10-17(14)21(3)11-16-6-4-5-13(2)20-16/h4-8,10,12H,9,11,19H2,1-3H3. The molecule has 1 heterocycles. The van der Waals surface area contributed by atoms with Gasteiger partial charge in [-0.1, -0.05) is 23.7 Å². The summed E-state index contributed by atoms with van der Waals surface area (Å²) >= 11 is 6.15. The van der Waals surface area contributed by atoms with Crippen LogP contribution in [0.2, 0.25) is 5.02 Å². The Bertz CT molecular complexity index is 611. The van der Waals surface area contributed by atoms with Gasteiger partial charge in [0.15, 0.2) is 0 Å². The van der Waals surface area contributed by atoms with Gasteiger partial charge in [-0.2, -0.15) is 0 Å². The molecule has 0 saturated heterocycles. The van der Waals surface area contributed by atoms with E-state index in [0.29, 0.717) is 0 Å². The van der Waals surface area contributed by atoms with E-state index in [2.05, 4.69) is 23.0 Å². The van der Waals surface area contributed by atoms with E-state index in [1.54, 1.807) is 0 Å². The second-order valence-electron chi connectivity index (χ2n) is 5.58. The molecule has 1 atom stereocenters. The minimum Gasteiger partial charge on any atom is -0.368 e. The first-order valence-corrected chi connectivity index (χ1v) is 7.51. The summed E-state index contributed by atoms with van der Waals surface area (Å²) in [5, 5.41) is 0.738. The molecule has 0 spiro atoms. The molecule has 112 valence electrons. The maximum atomic E-state index is 6.15. The van der Waals surface area contributed by atoms with Gasteiger partial charge in [-0.3, -0.25) is 4.98 Å². The number of hydrogen-bond acceptors (Lipinski definition) is 3. The smallest absolute Gasteiger partial charge is 0.0600 e. The summed E-state index contributed by atoms with van der Waals surface area (Å²) in [6.45, 7) is 4.76. The Morgan fingerprint density at radius 1 is 1.29 bits per heavy atom. The van der Waals surface area contributed by atoms with Crippen LogP contribution in [0.1, 0.15) is 23.9 Å². The number of nitrogens with zero attached hydrogens (tertiary/aromatic N) is 2. The number of pyridine rings is 1. The van der Waals surface area contributed by atoms with Crippen molar-refractivity contribution < 1.29 is 0 Å². The molecule has 1 aromatic carbocycles. The molecule has 0 fully saturated rings. The van der Waals surface area contributed by atoms with E-state index in [-0.39, 0.29) is 6.04 Å². The largest absolute Gasteiger partial charge is 0.368 e. The third-order valence-corrected chi connectivity index (χ3v) is 3.58. The third kappa shape index (κ3) is 4.45. The van der Waals surface area contributed by atoms with Gasteiger partial charge in [0.25, 0.3) is 0 Å². The summed E-state index contributed by atoms with van der Waals surface area (Å²) < 4.78 is 0. The van der Waals surface area contributed by atoms with Crippen LogP contribution >= 0.6 is 11.6 Å². The maximum Gasteiger partial charge on any atom is 0.0600 e. The predicted octanol–water partition coefficient (Wildman–Crippen LogP) is 3.57. The van der Waals surface area contributed by atoms with E-state index in [0.717, 1.165) is 35.1 Å². The van der Waals surface area contributed by atoms with Gasteiger partial charge in [0.1, 0.15) is 0 Å². The lowest BCUT2D eigenvalue weighted by Crippen LogP contribution is -2.22. The van der Waals surface area contributed by atoms with Crippen molar-refractivity contribution in [3.05, 3.63) is 58.4 Å². The van der Waals surface area contributed by atoms with Crippen LogP contribution < -0.4 is 10.6 Å². The highest BCUT2D eigenvalue weighted by atomic mass is 35.5. The normalized spacial score (nSPS) is 12.2. The molecular weight excluding hydrogens is 282 g/mol. The Kier molecular flexibility index (Phi) is 5.21. The average molecular weight is 304 g/mol. The summed E-state index contributed by atoms with van der Waals surface area (Å²) in [6, 6.07) is 12.2. The van der Waals surface area contributed by atoms with Gasteiger partial charge in [0.05, 0.1) is 12.2 Å². The second-order valence-corrected chi connectivity index (χ2v) is 6.02. The van der Waals surface area contributed by atoms with Crippen molar-refractivity contribution >= 4 is 17.3 Å². The fraction of sp³-hybridized carbons (Fsp3) is 0.353. The first-order valence-electron chi connectivity index (χ1n) is 7.13. The minimum atomic E-state index is 0.121. The van der Waals surface area contributed by atoms with Crippen molar-refractivity contribution in [3.8, 4) is 0 Å². The van der Waals surface area contributed by atoms with Gasteiger partial charge in [0.2, 0.25) is 0 Å². The van der Waals surface area contributed by atoms with Gasteiger partial charge in [-0.15, -0.1) is 0 Å². The number of benzene rings is 1. The lowest BCUT2D eigenvalue weighted by Gasteiger charge is -2.23. The first kappa shape index (κ1) is 15.8. The van der Waals surface area contributed by atoms with E-state index < -0.39 is 0 Å². The van der Waals surface area contributed by atoms with Crippen LogP contribution in [0.5, 0.6) is 0 Å². The van der Waals surface area contributed by atoms with Crippen LogP contribution in [-0.4, -0.2) is 18.1 Å². The fourth-order valence-corrected chi connectivity index (χ4v) is 2.59. The Hall–Kier alpha value is -1.58. The fourth-order valence-electron chi connectivity index (χ4n) is 2.43. The van der Waals surface area contributed by atoms with Crippen LogP contribution in [0.4, 0.5) is 5.69 Å². The predicted molar refractivity (Wildman–Crippen MR) is 89.9 cm³/mol. The second kappa shape index (κ2) is 6.92. The minimum absolute atomic E-state index is 0.121. The quantitative estimate of drug-likeness (QED) is 0.918. The highest BCUT2D eigenvalue weighted by Gasteiger charge is 2.11. The van der Waals surface area contributed by atoms with Crippen molar-refractivity contribution in [2.75, 3.05) is 11.9 Å². The zero-order chi connectivity index (χ0) is 15.4. The van der Waals surface area contributed by atoms with Gasteiger partial charge in [-0.05, 0) is 50.1 Å². The van der Waals surface area contributed by atoms with E-state index in [4.69, 9.17) is 17.3 Å². The number of aryl methyl sites for hydroxylation is 1. The van der Waals surface area contributed by atoms with Crippen LogP contribution in [0.25, 0.3) is 0 Å². The highest BCUT2D eigenvalue weighted by Crippen LogP contribution is 2.26. The zero-order valence-corrected chi connectivity index (χ0v) is 13.6. The van der Waals surface area contributed by atoms with Gasteiger partial charge >= 0.3 is 0 Å². The molecule has 0 bridgehead atoms. The summed E-state index contributed by atoms with van der Waals surface area (Å²) in [4.78, 5) is 6.72. The van der Waals surface area contributed by atoms with Crippen molar-refractivity contribution in [1.29, 1.82) is 0 Å². The summed E-state index contributed by atoms with van der Waals surface area (Å²) in [5.74, 6) is 0. The SMILES string of the molecule is Cc1cccc(CN(C)c2cc(Cl)ccc2CC(C)N)n1. The van der Waals surface area contributed by atoms with E-state index >= 15 is 0 Å². The number of hydrogen-bond donors (Lipinski definition) is 1. The molecule has 0 amide bonds. The molecule has 0 saturated carbocycles. The number of aromatic nitrogens is 1. The molecule has 21 heavy (non-hydrogen) atoms. The Morgan fingerprint density at radius 2 is 2.05 bits per heavy atom. The van der Waals surface area contributed by atoms with Crippen molar-refractivity contribution in [3.63, 3.8) is 0 Å². The molecule has 1 unspecified atom stereocenters. The van der Waals surface area contributed by atoms with Gasteiger partial charge in [-0.25, -0.2) is 0 Å². The highest BCUT2D eigenvalue weighted by molar-refractivity contribution is 6.30. The Balaban J connectivity index is 2.25. The first-order chi connectivity index (χ1) is 9.95. The van der Waals surface area contributed by atoms with Gasteiger partial charge < -0.3 is 10.6 Å². The number of nitrogens with two attached hydrogens (primary N) is 1. The lowest BCUT2D eigenvalue weighted by molar-refractivity contribution is 0.733. The molecule has 0 radical (unpaired) electrons. The molecule has 3 nitrogen and oxygen atoms in total. The van der Waals surface area contributed by atoms with Crippen LogP contribution in [0, 0.1) is 6.92 Å². The number of anilines is 1. The monoisotopic (exact) mass is 303 g/mol. The van der Waals surface area contributed by atoms with Crippen LogP contribution in [0.15, 0.2) is 36.4 Å². The molecule has 2 rings (SSSR count). The molecule has 0 aliphatic heterocycles. The summed E-state index contributed by atoms with van der Waals surface area (Å²) in [5.41, 5.74) is 10.3. The topological polar surface area (TPSA) is 42.1 Å². The summed E-state index contributed by atoms with van der Waals surface area (Å²) in [7, 11) is 2.06. The Labute approximate surface area is 131 Å². The summed E-state index contributed by atoms with van der Waals surface area (Å²) in [6.07, 6.45) is 0.831. The van der Waals surface area contributed by atoms with E-state index in [1.165, 1.54) is 5.56 Å². The van der Waals surface area contributed by atoms with Crippen molar-refractivity contribution in [2.24, 2.45) is 5.73 Å². The molecule has 2 aromatic rings. The average Bonchev–Trinajstić information content (AvgIpc) is 2.40. The molecule has 2 N–H and O–H groups in total. The van der Waals surface area contributed by atoms with Gasteiger partial charge in [0, 0.05) is 29.5 Å². The molecule has 0 aliphatic carbocycles. The molecular formula is C17H22ClN3. The maximum absolute atomic E-state index is 6.15. The molecule has 4 heteroatoms. The van der Waals surface area contributed by atoms with Crippen molar-refractivity contribution in [1.82, 2.24) is 4.98 Å². The number of halogens is 1. The van der Waals surface area contributed by atoms with Crippen LogP contribution in [-0.2, 0) is 13.0 Å². The lowest BCUT2D eigenvalue weighted by atomic mass is 10.0. The van der Waals surface area contributed by atoms with E-state index in [1.807, 2.05) is 44.2 Å². The zero-order valence-electron chi connectivity index (χ0n) is 12.8. The van der Waals surface area contributed by atoms with E-state index in [9.17, 15) is 0 Å². The third-order valence-electron chi connectivity index (χ3n) is 3.35. The molecule has 1 aromatic heterocycles.